The van der Waals surface area contributed by atoms with Gasteiger partial charge < -0.3 is 15.5 Å². The summed E-state index contributed by atoms with van der Waals surface area (Å²) in [5, 5.41) is 13.6. The summed E-state index contributed by atoms with van der Waals surface area (Å²) >= 11 is 0. The molecule has 0 aliphatic heterocycles. The molecule has 94 valence electrons. The average Bonchev–Trinajstić information content (AvgIpc) is 2.34. The molecule has 0 spiro atoms. The lowest BCUT2D eigenvalue weighted by molar-refractivity contribution is -0.384. The fourth-order valence-corrected chi connectivity index (χ4v) is 1.23. The van der Waals surface area contributed by atoms with Gasteiger partial charge in [0.2, 0.25) is 5.82 Å². The van der Waals surface area contributed by atoms with E-state index in [4.69, 9.17) is 10.6 Å². The second kappa shape index (κ2) is 6.61. The second-order valence-electron chi connectivity index (χ2n) is 3.24. The quantitative estimate of drug-likeness (QED) is 0.279. The lowest BCUT2D eigenvalue weighted by Gasteiger charge is -2.07. The molecule has 0 unspecified atom stereocenters. The van der Waals surface area contributed by atoms with Crippen molar-refractivity contribution >= 4 is 17.3 Å². The first kappa shape index (κ1) is 13.1. The van der Waals surface area contributed by atoms with E-state index >= 15 is 0 Å². The van der Waals surface area contributed by atoms with Crippen LogP contribution in [0.15, 0.2) is 12.1 Å². The first-order chi connectivity index (χ1) is 8.19. The van der Waals surface area contributed by atoms with Gasteiger partial charge >= 0.3 is 5.69 Å². The number of hydrazine groups is 1. The van der Waals surface area contributed by atoms with Gasteiger partial charge in [-0.25, -0.2) is 10.8 Å². The Labute approximate surface area is 98.3 Å². The molecular weight excluding hydrogens is 226 g/mol. The predicted octanol–water partition coefficient (Wildman–Crippen LogP) is 0.724. The summed E-state index contributed by atoms with van der Waals surface area (Å²) in [6.07, 6.45) is 0.732. The summed E-state index contributed by atoms with van der Waals surface area (Å²) < 4.78 is 4.88. The Hall–Kier alpha value is -1.93. The van der Waals surface area contributed by atoms with Crippen LogP contribution in [0.1, 0.15) is 6.42 Å². The van der Waals surface area contributed by atoms with Gasteiger partial charge in [0, 0.05) is 26.3 Å². The minimum Gasteiger partial charge on any atom is -0.385 e. The fraction of sp³-hybridized carbons (Fsp3) is 0.444. The third-order valence-electron chi connectivity index (χ3n) is 2.04. The van der Waals surface area contributed by atoms with Crippen molar-refractivity contribution in [3.63, 3.8) is 0 Å². The average molecular weight is 241 g/mol. The maximum Gasteiger partial charge on any atom is 0.311 e. The molecule has 0 saturated heterocycles. The second-order valence-corrected chi connectivity index (χ2v) is 3.24. The summed E-state index contributed by atoms with van der Waals surface area (Å²) in [6.45, 7) is 1.12. The van der Waals surface area contributed by atoms with Gasteiger partial charge in [0.15, 0.2) is 0 Å². The number of aromatic nitrogens is 1. The van der Waals surface area contributed by atoms with Gasteiger partial charge in [-0.3, -0.25) is 10.1 Å². The van der Waals surface area contributed by atoms with Crippen molar-refractivity contribution in [2.24, 2.45) is 5.84 Å². The van der Waals surface area contributed by atoms with Gasteiger partial charge in [0.25, 0.3) is 0 Å². The number of rotatable bonds is 7. The van der Waals surface area contributed by atoms with Crippen LogP contribution in [0.5, 0.6) is 0 Å². The van der Waals surface area contributed by atoms with Gasteiger partial charge in [0.05, 0.1) is 4.92 Å². The van der Waals surface area contributed by atoms with Crippen LogP contribution >= 0.6 is 0 Å². The number of anilines is 2. The largest absolute Gasteiger partial charge is 0.385 e. The van der Waals surface area contributed by atoms with Crippen LogP contribution < -0.4 is 16.6 Å². The number of nitro groups is 1. The molecule has 0 saturated carbocycles. The Morgan fingerprint density at radius 1 is 1.59 bits per heavy atom. The van der Waals surface area contributed by atoms with Crippen LogP contribution in [0, 0.1) is 10.1 Å². The predicted molar refractivity (Wildman–Crippen MR) is 63.7 cm³/mol. The number of nitrogens with one attached hydrogen (secondary N) is 2. The Balaban J connectivity index is 2.75. The molecule has 1 aromatic heterocycles. The zero-order valence-electron chi connectivity index (χ0n) is 9.47. The van der Waals surface area contributed by atoms with Crippen molar-refractivity contribution in [2.45, 2.75) is 6.42 Å². The topological polar surface area (TPSA) is 115 Å². The number of hydrogen-bond acceptors (Lipinski definition) is 7. The lowest BCUT2D eigenvalue weighted by atomic mass is 10.3. The molecule has 0 aromatic carbocycles. The molecule has 4 N–H and O–H groups in total. The number of nitrogens with zero attached hydrogens (tertiary/aromatic N) is 2. The highest BCUT2D eigenvalue weighted by Crippen LogP contribution is 2.23. The normalized spacial score (nSPS) is 10.0. The van der Waals surface area contributed by atoms with Crippen LogP contribution in [-0.2, 0) is 4.74 Å². The molecule has 0 fully saturated rings. The van der Waals surface area contributed by atoms with E-state index in [2.05, 4.69) is 15.7 Å². The third-order valence-corrected chi connectivity index (χ3v) is 2.04. The highest BCUT2D eigenvalue weighted by molar-refractivity contribution is 5.59. The molecule has 0 aliphatic rings. The van der Waals surface area contributed by atoms with Gasteiger partial charge in [-0.05, 0) is 12.5 Å². The van der Waals surface area contributed by atoms with E-state index in [0.29, 0.717) is 19.0 Å². The van der Waals surface area contributed by atoms with E-state index in [-0.39, 0.29) is 11.5 Å². The maximum absolute atomic E-state index is 10.8. The van der Waals surface area contributed by atoms with Gasteiger partial charge in [-0.1, -0.05) is 0 Å². The van der Waals surface area contributed by atoms with Crippen LogP contribution in [0.3, 0.4) is 0 Å². The minimum atomic E-state index is -0.494. The highest BCUT2D eigenvalue weighted by Gasteiger charge is 2.15. The number of pyridine rings is 1. The van der Waals surface area contributed by atoms with Crippen LogP contribution in [-0.4, -0.2) is 30.2 Å². The maximum atomic E-state index is 10.8. The van der Waals surface area contributed by atoms with Gasteiger partial charge in [-0.15, -0.1) is 0 Å². The molecule has 0 aliphatic carbocycles. The summed E-state index contributed by atoms with van der Waals surface area (Å²) in [5.41, 5.74) is 2.25. The smallest absolute Gasteiger partial charge is 0.311 e. The Bertz CT molecular complexity index is 385. The van der Waals surface area contributed by atoms with E-state index < -0.39 is 4.92 Å². The van der Waals surface area contributed by atoms with Gasteiger partial charge in [-0.2, -0.15) is 0 Å². The number of hydrogen-bond donors (Lipinski definition) is 3. The standard InChI is InChI=1S/C9H15N5O3/c1-17-6-2-5-11-9-7(14(15)16)3-4-8(12-9)13-10/h3-4H,2,5-6,10H2,1H3,(H2,11,12,13). The molecule has 0 bridgehead atoms. The molecule has 1 rings (SSSR count). The molecule has 17 heavy (non-hydrogen) atoms. The van der Waals surface area contributed by atoms with E-state index in [0.717, 1.165) is 6.42 Å². The van der Waals surface area contributed by atoms with E-state index in [1.165, 1.54) is 12.1 Å². The summed E-state index contributed by atoms with van der Waals surface area (Å²) in [4.78, 5) is 14.2. The molecular formula is C9H15N5O3. The number of nitrogen functional groups attached to an aromatic ring is 1. The fourth-order valence-electron chi connectivity index (χ4n) is 1.23. The van der Waals surface area contributed by atoms with E-state index in [1.54, 1.807) is 7.11 Å². The third kappa shape index (κ3) is 3.85. The molecule has 8 nitrogen and oxygen atoms in total. The summed E-state index contributed by atoms with van der Waals surface area (Å²) in [7, 11) is 1.60. The SMILES string of the molecule is COCCCNc1nc(NN)ccc1[N+](=O)[O-]. The van der Waals surface area contributed by atoms with E-state index in [1.807, 2.05) is 0 Å². The van der Waals surface area contributed by atoms with Crippen LogP contribution in [0.25, 0.3) is 0 Å². The molecule has 1 aromatic rings. The van der Waals surface area contributed by atoms with Crippen molar-refractivity contribution in [1.82, 2.24) is 4.98 Å². The molecule has 0 atom stereocenters. The monoisotopic (exact) mass is 241 g/mol. The first-order valence-corrected chi connectivity index (χ1v) is 5.04. The van der Waals surface area contributed by atoms with Crippen molar-refractivity contribution in [1.29, 1.82) is 0 Å². The Morgan fingerprint density at radius 3 is 2.94 bits per heavy atom. The number of nitrogens with two attached hydrogens (primary N) is 1. The molecule has 8 heteroatoms. The van der Waals surface area contributed by atoms with Crippen LogP contribution in [0.4, 0.5) is 17.3 Å². The van der Waals surface area contributed by atoms with Crippen molar-refractivity contribution in [3.8, 4) is 0 Å². The number of methoxy groups -OCH3 is 1. The van der Waals surface area contributed by atoms with Crippen LogP contribution in [0.2, 0.25) is 0 Å². The minimum absolute atomic E-state index is 0.0820. The molecule has 1 heterocycles. The zero-order valence-corrected chi connectivity index (χ0v) is 9.47. The highest BCUT2D eigenvalue weighted by atomic mass is 16.6. The van der Waals surface area contributed by atoms with E-state index in [9.17, 15) is 10.1 Å². The Kier molecular flexibility index (Phi) is 5.11. The molecule has 0 amide bonds. The zero-order chi connectivity index (χ0) is 12.7. The summed E-state index contributed by atoms with van der Waals surface area (Å²) in [5.74, 6) is 5.75. The Morgan fingerprint density at radius 2 is 2.35 bits per heavy atom. The van der Waals surface area contributed by atoms with Gasteiger partial charge in [0.1, 0.15) is 5.82 Å². The van der Waals surface area contributed by atoms with Crippen molar-refractivity contribution < 1.29 is 9.66 Å². The summed E-state index contributed by atoms with van der Waals surface area (Å²) in [6, 6.07) is 2.79. The van der Waals surface area contributed by atoms with Crippen molar-refractivity contribution in [3.05, 3.63) is 22.2 Å². The molecule has 0 radical (unpaired) electrons. The number of ether oxygens (including phenoxy) is 1. The van der Waals surface area contributed by atoms with Crippen molar-refractivity contribution in [2.75, 3.05) is 31.0 Å². The first-order valence-electron chi connectivity index (χ1n) is 5.04. The lowest BCUT2D eigenvalue weighted by Crippen LogP contribution is -2.12.